The SMILES string of the molecule is CC(C)=CCC/C(C)=C\COC(=O)c1ccccc1Cc1ccccc1. The highest BCUT2D eigenvalue weighted by atomic mass is 16.5. The zero-order valence-corrected chi connectivity index (χ0v) is 16.0. The molecule has 0 saturated heterocycles. The molecule has 2 aromatic rings. The first-order valence-corrected chi connectivity index (χ1v) is 9.14. The van der Waals surface area contributed by atoms with E-state index >= 15 is 0 Å². The van der Waals surface area contributed by atoms with Gasteiger partial charge in [-0.1, -0.05) is 65.8 Å². The Morgan fingerprint density at radius 2 is 1.62 bits per heavy atom. The summed E-state index contributed by atoms with van der Waals surface area (Å²) < 4.78 is 5.47. The molecular weight excluding hydrogens is 320 g/mol. The van der Waals surface area contributed by atoms with Crippen molar-refractivity contribution in [3.05, 3.63) is 94.6 Å². The van der Waals surface area contributed by atoms with E-state index in [1.54, 1.807) is 0 Å². The summed E-state index contributed by atoms with van der Waals surface area (Å²) in [7, 11) is 0. The minimum absolute atomic E-state index is 0.259. The number of allylic oxidation sites excluding steroid dienone is 3. The average Bonchev–Trinajstić information content (AvgIpc) is 2.62. The van der Waals surface area contributed by atoms with E-state index in [4.69, 9.17) is 4.74 Å². The molecule has 0 heterocycles. The zero-order valence-electron chi connectivity index (χ0n) is 16.0. The number of esters is 1. The van der Waals surface area contributed by atoms with Crippen LogP contribution in [0.25, 0.3) is 0 Å². The second-order valence-electron chi connectivity index (χ2n) is 6.79. The molecule has 0 amide bonds. The molecule has 0 fully saturated rings. The van der Waals surface area contributed by atoms with Crippen molar-refractivity contribution in [3.8, 4) is 0 Å². The monoisotopic (exact) mass is 348 g/mol. The summed E-state index contributed by atoms with van der Waals surface area (Å²) in [5.41, 5.74) is 5.40. The van der Waals surface area contributed by atoms with E-state index in [0.29, 0.717) is 12.2 Å². The molecule has 0 spiro atoms. The van der Waals surface area contributed by atoms with E-state index in [1.807, 2.05) is 48.5 Å². The lowest BCUT2D eigenvalue weighted by molar-refractivity contribution is 0.0548. The van der Waals surface area contributed by atoms with Crippen LogP contribution in [-0.2, 0) is 11.2 Å². The molecule has 2 aromatic carbocycles. The number of rotatable bonds is 8. The van der Waals surface area contributed by atoms with Crippen molar-refractivity contribution in [1.82, 2.24) is 0 Å². The molecule has 136 valence electrons. The minimum Gasteiger partial charge on any atom is -0.458 e. The van der Waals surface area contributed by atoms with Crippen LogP contribution in [0, 0.1) is 0 Å². The summed E-state index contributed by atoms with van der Waals surface area (Å²) in [6, 6.07) is 17.8. The summed E-state index contributed by atoms with van der Waals surface area (Å²) in [6.07, 6.45) is 6.97. The maximum Gasteiger partial charge on any atom is 0.338 e. The van der Waals surface area contributed by atoms with Crippen LogP contribution in [-0.4, -0.2) is 12.6 Å². The van der Waals surface area contributed by atoms with Crippen molar-refractivity contribution >= 4 is 5.97 Å². The molecule has 0 aromatic heterocycles. The van der Waals surface area contributed by atoms with E-state index in [-0.39, 0.29) is 5.97 Å². The number of hydrogen-bond acceptors (Lipinski definition) is 2. The molecule has 0 bridgehead atoms. The largest absolute Gasteiger partial charge is 0.458 e. The van der Waals surface area contributed by atoms with Crippen molar-refractivity contribution in [2.24, 2.45) is 0 Å². The number of carbonyl (C=O) groups is 1. The fourth-order valence-electron chi connectivity index (χ4n) is 2.72. The third-order valence-corrected chi connectivity index (χ3v) is 4.21. The van der Waals surface area contributed by atoms with E-state index in [1.165, 1.54) is 16.7 Å². The van der Waals surface area contributed by atoms with Gasteiger partial charge in [0.2, 0.25) is 0 Å². The number of benzene rings is 2. The Bertz CT molecular complexity index is 766. The fraction of sp³-hybridized carbons (Fsp3) is 0.292. The fourth-order valence-corrected chi connectivity index (χ4v) is 2.72. The molecule has 0 atom stereocenters. The van der Waals surface area contributed by atoms with E-state index in [2.05, 4.69) is 39.0 Å². The molecule has 0 aliphatic heterocycles. The Kier molecular flexibility index (Phi) is 7.88. The normalized spacial score (nSPS) is 11.1. The Balaban J connectivity index is 1.94. The summed E-state index contributed by atoms with van der Waals surface area (Å²) in [6.45, 7) is 6.61. The predicted molar refractivity (Wildman–Crippen MR) is 108 cm³/mol. The molecule has 2 rings (SSSR count). The smallest absolute Gasteiger partial charge is 0.338 e. The van der Waals surface area contributed by atoms with Crippen molar-refractivity contribution in [2.75, 3.05) is 6.61 Å². The van der Waals surface area contributed by atoms with Gasteiger partial charge in [-0.3, -0.25) is 0 Å². The lowest BCUT2D eigenvalue weighted by Crippen LogP contribution is -2.09. The van der Waals surface area contributed by atoms with Crippen LogP contribution >= 0.6 is 0 Å². The first kappa shape index (κ1) is 19.7. The summed E-state index contributed by atoms with van der Waals surface area (Å²) in [4.78, 5) is 12.5. The van der Waals surface area contributed by atoms with Gasteiger partial charge in [0.05, 0.1) is 5.56 Å². The third-order valence-electron chi connectivity index (χ3n) is 4.21. The van der Waals surface area contributed by atoms with Gasteiger partial charge in [-0.25, -0.2) is 4.79 Å². The molecule has 0 saturated carbocycles. The van der Waals surface area contributed by atoms with Gasteiger partial charge < -0.3 is 4.74 Å². The minimum atomic E-state index is -0.259. The Hall–Kier alpha value is -2.61. The number of carbonyl (C=O) groups excluding carboxylic acids is 1. The highest BCUT2D eigenvalue weighted by Gasteiger charge is 2.12. The second kappa shape index (κ2) is 10.4. The van der Waals surface area contributed by atoms with Crippen LogP contribution in [0.3, 0.4) is 0 Å². The predicted octanol–water partition coefficient (Wildman–Crippen LogP) is 6.13. The summed E-state index contributed by atoms with van der Waals surface area (Å²) in [5, 5.41) is 0. The van der Waals surface area contributed by atoms with E-state index < -0.39 is 0 Å². The summed E-state index contributed by atoms with van der Waals surface area (Å²) in [5.74, 6) is -0.259. The molecule has 0 aliphatic rings. The molecule has 0 aliphatic carbocycles. The quantitative estimate of drug-likeness (QED) is 0.424. The van der Waals surface area contributed by atoms with Gasteiger partial charge >= 0.3 is 5.97 Å². The Morgan fingerprint density at radius 3 is 2.35 bits per heavy atom. The highest BCUT2D eigenvalue weighted by Crippen LogP contribution is 2.16. The first-order valence-electron chi connectivity index (χ1n) is 9.14. The standard InChI is InChI=1S/C24H28O2/c1-19(2)10-9-11-20(3)16-17-26-24(25)23-15-8-7-14-22(23)18-21-12-5-4-6-13-21/h4-8,10,12-16H,9,11,17-18H2,1-3H3/b20-16-. The van der Waals surface area contributed by atoms with Gasteiger partial charge in [-0.05, 0) is 63.3 Å². The average molecular weight is 348 g/mol. The van der Waals surface area contributed by atoms with Crippen LogP contribution in [0.1, 0.15) is 55.1 Å². The topological polar surface area (TPSA) is 26.3 Å². The third kappa shape index (κ3) is 6.72. The molecule has 0 N–H and O–H groups in total. The summed E-state index contributed by atoms with van der Waals surface area (Å²) >= 11 is 0. The molecule has 0 unspecified atom stereocenters. The van der Waals surface area contributed by atoms with Crippen LogP contribution < -0.4 is 0 Å². The molecule has 0 radical (unpaired) electrons. The maximum absolute atomic E-state index is 12.5. The van der Waals surface area contributed by atoms with E-state index in [0.717, 1.165) is 24.8 Å². The molecule has 2 nitrogen and oxygen atoms in total. The van der Waals surface area contributed by atoms with Gasteiger partial charge in [-0.2, -0.15) is 0 Å². The Labute approximate surface area is 157 Å². The van der Waals surface area contributed by atoms with Gasteiger partial charge in [-0.15, -0.1) is 0 Å². The van der Waals surface area contributed by atoms with Crippen LogP contribution in [0.15, 0.2) is 77.9 Å². The van der Waals surface area contributed by atoms with Crippen LogP contribution in [0.4, 0.5) is 0 Å². The number of ether oxygens (including phenoxy) is 1. The number of hydrogen-bond donors (Lipinski definition) is 0. The van der Waals surface area contributed by atoms with Crippen molar-refractivity contribution in [1.29, 1.82) is 0 Å². The molecule has 26 heavy (non-hydrogen) atoms. The lowest BCUT2D eigenvalue weighted by Gasteiger charge is -2.09. The first-order chi connectivity index (χ1) is 12.6. The van der Waals surface area contributed by atoms with Gasteiger partial charge in [0.15, 0.2) is 0 Å². The molecular formula is C24H28O2. The maximum atomic E-state index is 12.5. The zero-order chi connectivity index (χ0) is 18.8. The van der Waals surface area contributed by atoms with Crippen molar-refractivity contribution in [3.63, 3.8) is 0 Å². The van der Waals surface area contributed by atoms with Gasteiger partial charge in [0.25, 0.3) is 0 Å². The molecule has 2 heteroatoms. The Morgan fingerprint density at radius 1 is 0.923 bits per heavy atom. The van der Waals surface area contributed by atoms with E-state index in [9.17, 15) is 4.79 Å². The lowest BCUT2D eigenvalue weighted by atomic mass is 10.00. The van der Waals surface area contributed by atoms with Gasteiger partial charge in [0, 0.05) is 0 Å². The second-order valence-corrected chi connectivity index (χ2v) is 6.79. The van der Waals surface area contributed by atoms with Gasteiger partial charge in [0.1, 0.15) is 6.61 Å². The van der Waals surface area contributed by atoms with Crippen molar-refractivity contribution < 1.29 is 9.53 Å². The van der Waals surface area contributed by atoms with Crippen LogP contribution in [0.2, 0.25) is 0 Å². The highest BCUT2D eigenvalue weighted by molar-refractivity contribution is 5.91. The van der Waals surface area contributed by atoms with Crippen LogP contribution in [0.5, 0.6) is 0 Å². The van der Waals surface area contributed by atoms with Crippen molar-refractivity contribution in [2.45, 2.75) is 40.0 Å².